The number of hydrogen-bond donors (Lipinski definition) is 1. The molecule has 94 valence electrons. The summed E-state index contributed by atoms with van der Waals surface area (Å²) in [6.45, 7) is 2.71. The van der Waals surface area contributed by atoms with E-state index in [9.17, 15) is 4.39 Å². The Labute approximate surface area is 111 Å². The van der Waals surface area contributed by atoms with E-state index in [1.807, 2.05) is 12.1 Å². The molecule has 0 bridgehead atoms. The van der Waals surface area contributed by atoms with Crippen molar-refractivity contribution in [1.82, 2.24) is 5.32 Å². The van der Waals surface area contributed by atoms with E-state index in [4.69, 9.17) is 0 Å². The standard InChI is InChI=1S/C15H16FNS/c1-10-2-7-15(18-10)11-3-4-12(14(16)8-11)9-17-13-5-6-13/h2-4,7-8,13,17H,5-6,9H2,1H3. The minimum absolute atomic E-state index is 0.105. The van der Waals surface area contributed by atoms with E-state index < -0.39 is 0 Å². The van der Waals surface area contributed by atoms with Gasteiger partial charge in [-0.25, -0.2) is 4.39 Å². The van der Waals surface area contributed by atoms with E-state index in [2.05, 4.69) is 24.4 Å². The van der Waals surface area contributed by atoms with Gasteiger partial charge in [-0.2, -0.15) is 0 Å². The third-order valence-electron chi connectivity index (χ3n) is 3.24. The number of nitrogens with one attached hydrogen (secondary N) is 1. The molecule has 0 saturated heterocycles. The first kappa shape index (κ1) is 11.9. The summed E-state index contributed by atoms with van der Waals surface area (Å²) in [5.74, 6) is -0.105. The van der Waals surface area contributed by atoms with Crippen molar-refractivity contribution in [2.24, 2.45) is 0 Å². The van der Waals surface area contributed by atoms with E-state index >= 15 is 0 Å². The van der Waals surface area contributed by atoms with Crippen molar-refractivity contribution < 1.29 is 4.39 Å². The second kappa shape index (κ2) is 4.82. The molecule has 2 aromatic rings. The Kier molecular flexibility index (Phi) is 3.18. The van der Waals surface area contributed by atoms with Crippen LogP contribution in [-0.4, -0.2) is 6.04 Å². The minimum Gasteiger partial charge on any atom is -0.310 e. The van der Waals surface area contributed by atoms with Gasteiger partial charge in [-0.1, -0.05) is 12.1 Å². The third kappa shape index (κ3) is 2.62. The van der Waals surface area contributed by atoms with E-state index in [1.165, 1.54) is 17.7 Å². The highest BCUT2D eigenvalue weighted by molar-refractivity contribution is 7.15. The molecule has 0 atom stereocenters. The van der Waals surface area contributed by atoms with E-state index in [0.717, 1.165) is 16.0 Å². The Balaban J connectivity index is 1.79. The largest absolute Gasteiger partial charge is 0.310 e. The topological polar surface area (TPSA) is 12.0 Å². The van der Waals surface area contributed by atoms with Gasteiger partial charge in [0, 0.05) is 27.9 Å². The number of rotatable bonds is 4. The highest BCUT2D eigenvalue weighted by atomic mass is 32.1. The van der Waals surface area contributed by atoms with Gasteiger partial charge in [0.2, 0.25) is 0 Å². The van der Waals surface area contributed by atoms with E-state index in [-0.39, 0.29) is 5.82 Å². The molecule has 1 saturated carbocycles. The third-order valence-corrected chi connectivity index (χ3v) is 4.29. The van der Waals surface area contributed by atoms with Crippen LogP contribution in [0, 0.1) is 12.7 Å². The molecule has 0 amide bonds. The van der Waals surface area contributed by atoms with Gasteiger partial charge in [0.05, 0.1) is 0 Å². The highest BCUT2D eigenvalue weighted by Gasteiger charge is 2.20. The summed E-state index contributed by atoms with van der Waals surface area (Å²) in [6.07, 6.45) is 2.46. The fourth-order valence-corrected chi connectivity index (χ4v) is 2.84. The summed E-state index contributed by atoms with van der Waals surface area (Å²) in [6, 6.07) is 10.3. The van der Waals surface area contributed by atoms with E-state index in [1.54, 1.807) is 17.4 Å². The maximum Gasteiger partial charge on any atom is 0.128 e. The molecule has 0 radical (unpaired) electrons. The van der Waals surface area contributed by atoms with Crippen molar-refractivity contribution in [3.05, 3.63) is 46.6 Å². The van der Waals surface area contributed by atoms with Crippen LogP contribution < -0.4 is 5.32 Å². The van der Waals surface area contributed by atoms with Crippen molar-refractivity contribution in [2.75, 3.05) is 0 Å². The molecule has 0 unspecified atom stereocenters. The van der Waals surface area contributed by atoms with Crippen molar-refractivity contribution in [2.45, 2.75) is 32.4 Å². The Bertz CT molecular complexity index is 557. The summed E-state index contributed by atoms with van der Waals surface area (Å²) in [4.78, 5) is 2.39. The van der Waals surface area contributed by atoms with Crippen LogP contribution in [0.25, 0.3) is 10.4 Å². The molecule has 0 spiro atoms. The fourth-order valence-electron chi connectivity index (χ4n) is 1.98. The molecule has 1 aliphatic rings. The zero-order chi connectivity index (χ0) is 12.5. The lowest BCUT2D eigenvalue weighted by Gasteiger charge is -2.06. The van der Waals surface area contributed by atoms with Crippen LogP contribution in [0.4, 0.5) is 4.39 Å². The van der Waals surface area contributed by atoms with Gasteiger partial charge in [0.25, 0.3) is 0 Å². The average Bonchev–Trinajstić information content (AvgIpc) is 3.08. The molecular formula is C15H16FNS. The van der Waals surface area contributed by atoms with Gasteiger partial charge in [-0.15, -0.1) is 11.3 Å². The van der Waals surface area contributed by atoms with E-state index in [0.29, 0.717) is 12.6 Å². The molecule has 1 fully saturated rings. The first-order chi connectivity index (χ1) is 8.72. The molecular weight excluding hydrogens is 245 g/mol. The van der Waals surface area contributed by atoms with Crippen LogP contribution in [0.3, 0.4) is 0 Å². The minimum atomic E-state index is -0.105. The van der Waals surface area contributed by atoms with Crippen molar-refractivity contribution in [3.63, 3.8) is 0 Å². The normalized spacial score (nSPS) is 15.0. The van der Waals surface area contributed by atoms with Gasteiger partial charge in [0.15, 0.2) is 0 Å². The maximum atomic E-state index is 14.0. The second-order valence-corrected chi connectivity index (χ2v) is 6.16. The van der Waals surface area contributed by atoms with Gasteiger partial charge in [-0.3, -0.25) is 0 Å². The van der Waals surface area contributed by atoms with Crippen LogP contribution in [-0.2, 0) is 6.54 Å². The second-order valence-electron chi connectivity index (χ2n) is 4.87. The summed E-state index contributed by atoms with van der Waals surface area (Å²) < 4.78 is 14.0. The smallest absolute Gasteiger partial charge is 0.128 e. The Hall–Kier alpha value is -1.19. The predicted molar refractivity (Wildman–Crippen MR) is 74.3 cm³/mol. The van der Waals surface area contributed by atoms with Crippen LogP contribution in [0.2, 0.25) is 0 Å². The van der Waals surface area contributed by atoms with Crippen molar-refractivity contribution in [1.29, 1.82) is 0 Å². The van der Waals surface area contributed by atoms with Crippen LogP contribution >= 0.6 is 11.3 Å². The maximum absolute atomic E-state index is 14.0. The van der Waals surface area contributed by atoms with Crippen molar-refractivity contribution >= 4 is 11.3 Å². The van der Waals surface area contributed by atoms with Gasteiger partial charge in [-0.05, 0) is 43.5 Å². The number of thiophene rings is 1. The van der Waals surface area contributed by atoms with Crippen LogP contribution in [0.1, 0.15) is 23.3 Å². The Morgan fingerprint density at radius 2 is 2.11 bits per heavy atom. The quantitative estimate of drug-likeness (QED) is 0.873. The number of hydrogen-bond acceptors (Lipinski definition) is 2. The van der Waals surface area contributed by atoms with Crippen molar-refractivity contribution in [3.8, 4) is 10.4 Å². The van der Waals surface area contributed by atoms with Crippen LogP contribution in [0.5, 0.6) is 0 Å². The average molecular weight is 261 g/mol. The molecule has 1 heterocycles. The molecule has 1 aliphatic carbocycles. The van der Waals surface area contributed by atoms with Gasteiger partial charge >= 0.3 is 0 Å². The zero-order valence-electron chi connectivity index (χ0n) is 10.4. The molecule has 18 heavy (non-hydrogen) atoms. The fraction of sp³-hybridized carbons (Fsp3) is 0.333. The first-order valence-electron chi connectivity index (χ1n) is 6.31. The summed E-state index contributed by atoms with van der Waals surface area (Å²) in [7, 11) is 0. The Morgan fingerprint density at radius 1 is 1.28 bits per heavy atom. The lowest BCUT2D eigenvalue weighted by molar-refractivity contribution is 0.587. The lowest BCUT2D eigenvalue weighted by Crippen LogP contribution is -2.16. The molecule has 3 heteroatoms. The Morgan fingerprint density at radius 3 is 2.72 bits per heavy atom. The van der Waals surface area contributed by atoms with Crippen LogP contribution in [0.15, 0.2) is 30.3 Å². The number of halogens is 1. The lowest BCUT2D eigenvalue weighted by atomic mass is 10.1. The molecule has 1 nitrogen and oxygen atoms in total. The summed E-state index contributed by atoms with van der Waals surface area (Å²) >= 11 is 1.70. The molecule has 0 aliphatic heterocycles. The highest BCUT2D eigenvalue weighted by Crippen LogP contribution is 2.29. The molecule has 3 rings (SSSR count). The van der Waals surface area contributed by atoms with Gasteiger partial charge < -0.3 is 5.32 Å². The number of benzene rings is 1. The SMILES string of the molecule is Cc1ccc(-c2ccc(CNC3CC3)c(F)c2)s1. The summed E-state index contributed by atoms with van der Waals surface area (Å²) in [5, 5.41) is 3.34. The zero-order valence-corrected chi connectivity index (χ0v) is 11.2. The first-order valence-corrected chi connectivity index (χ1v) is 7.12. The molecule has 1 aromatic carbocycles. The predicted octanol–water partition coefficient (Wildman–Crippen LogP) is 4.11. The molecule has 1 aromatic heterocycles. The number of aryl methyl sites for hydroxylation is 1. The summed E-state index contributed by atoms with van der Waals surface area (Å²) in [5.41, 5.74) is 1.74. The molecule has 1 N–H and O–H groups in total. The van der Waals surface area contributed by atoms with Gasteiger partial charge in [0.1, 0.15) is 5.82 Å². The monoisotopic (exact) mass is 261 g/mol.